The largest absolute Gasteiger partial charge is 0.377 e. The van der Waals surface area contributed by atoms with Gasteiger partial charge in [0.15, 0.2) is 0 Å². The van der Waals surface area contributed by atoms with Crippen LogP contribution in [-0.2, 0) is 16.0 Å². The van der Waals surface area contributed by atoms with Gasteiger partial charge >= 0.3 is 0 Å². The van der Waals surface area contributed by atoms with Crippen LogP contribution in [0.3, 0.4) is 0 Å². The van der Waals surface area contributed by atoms with E-state index < -0.39 is 0 Å². The minimum absolute atomic E-state index is 0.106. The van der Waals surface area contributed by atoms with Crippen molar-refractivity contribution in [3.63, 3.8) is 0 Å². The second-order valence-corrected chi connectivity index (χ2v) is 6.80. The summed E-state index contributed by atoms with van der Waals surface area (Å²) in [5.74, 6) is 1.99. The highest BCUT2D eigenvalue weighted by molar-refractivity contribution is 5.82. The number of hydrogen-bond donors (Lipinski definition) is 2. The molecule has 1 aliphatic carbocycles. The monoisotopic (exact) mass is 313 g/mol. The number of aryl methyl sites for hydroxylation is 1. The summed E-state index contributed by atoms with van der Waals surface area (Å²) in [7, 11) is 0. The molecule has 4 atom stereocenters. The van der Waals surface area contributed by atoms with Crippen molar-refractivity contribution in [2.24, 2.45) is 11.8 Å². The number of nitrogens with zero attached hydrogens (tertiary/aromatic N) is 1. The van der Waals surface area contributed by atoms with Crippen molar-refractivity contribution < 1.29 is 9.53 Å². The van der Waals surface area contributed by atoms with Crippen LogP contribution in [0, 0.1) is 18.8 Å². The van der Waals surface area contributed by atoms with Crippen molar-refractivity contribution in [2.45, 2.75) is 45.3 Å². The Bertz CT molecular complexity index is 739. The van der Waals surface area contributed by atoms with Crippen molar-refractivity contribution in [1.82, 2.24) is 15.3 Å². The van der Waals surface area contributed by atoms with E-state index in [2.05, 4.69) is 22.2 Å². The fourth-order valence-corrected chi connectivity index (χ4v) is 4.25. The molecule has 0 radical (unpaired) electrons. The Kier molecular flexibility index (Phi) is 3.60. The van der Waals surface area contributed by atoms with Crippen LogP contribution in [0.5, 0.6) is 0 Å². The molecule has 2 fully saturated rings. The number of fused-ring (bicyclic) bond motifs is 2. The van der Waals surface area contributed by atoms with E-state index >= 15 is 0 Å². The topological polar surface area (TPSA) is 67.0 Å². The van der Waals surface area contributed by atoms with E-state index in [1.807, 2.05) is 25.1 Å². The molecule has 1 saturated carbocycles. The van der Waals surface area contributed by atoms with Gasteiger partial charge in [-0.25, -0.2) is 4.98 Å². The van der Waals surface area contributed by atoms with Gasteiger partial charge < -0.3 is 15.0 Å². The SMILES string of the molecule is CC[C@H]1[C@H](NC(=O)Cc2ccc3nc(C)[nH]c3c2)[C@H]2CCO[C@H]21. The molecular formula is C18H23N3O2. The first-order valence-corrected chi connectivity index (χ1v) is 8.52. The number of amides is 1. The molecule has 5 nitrogen and oxygen atoms in total. The summed E-state index contributed by atoms with van der Waals surface area (Å²) in [6, 6.07) is 6.27. The van der Waals surface area contributed by atoms with Crippen LogP contribution in [0.25, 0.3) is 11.0 Å². The number of benzene rings is 1. The fraction of sp³-hybridized carbons (Fsp3) is 0.556. The smallest absolute Gasteiger partial charge is 0.224 e. The molecule has 1 aliphatic heterocycles. The van der Waals surface area contributed by atoms with E-state index in [-0.39, 0.29) is 11.9 Å². The second kappa shape index (κ2) is 5.64. The van der Waals surface area contributed by atoms with Crippen molar-refractivity contribution in [3.8, 4) is 0 Å². The van der Waals surface area contributed by atoms with Gasteiger partial charge in [-0.05, 0) is 37.5 Å². The van der Waals surface area contributed by atoms with Gasteiger partial charge in [-0.1, -0.05) is 13.0 Å². The Balaban J connectivity index is 1.42. The summed E-state index contributed by atoms with van der Waals surface area (Å²) in [4.78, 5) is 20.0. The van der Waals surface area contributed by atoms with Gasteiger partial charge in [-0.15, -0.1) is 0 Å². The highest BCUT2D eigenvalue weighted by Crippen LogP contribution is 2.45. The molecule has 2 N–H and O–H groups in total. The first-order valence-electron chi connectivity index (χ1n) is 8.52. The molecule has 2 aromatic rings. The van der Waals surface area contributed by atoms with Crippen molar-refractivity contribution in [2.75, 3.05) is 6.61 Å². The van der Waals surface area contributed by atoms with E-state index in [1.165, 1.54) is 0 Å². The number of hydrogen-bond acceptors (Lipinski definition) is 3. The van der Waals surface area contributed by atoms with Crippen LogP contribution in [0.1, 0.15) is 31.2 Å². The van der Waals surface area contributed by atoms with E-state index in [0.29, 0.717) is 24.4 Å². The Hall–Kier alpha value is -1.88. The van der Waals surface area contributed by atoms with Crippen LogP contribution >= 0.6 is 0 Å². The summed E-state index contributed by atoms with van der Waals surface area (Å²) < 4.78 is 5.77. The fourth-order valence-electron chi connectivity index (χ4n) is 4.25. The predicted octanol–water partition coefficient (Wildman–Crippen LogP) is 2.34. The van der Waals surface area contributed by atoms with E-state index in [0.717, 1.165) is 41.9 Å². The summed E-state index contributed by atoms with van der Waals surface area (Å²) in [5, 5.41) is 3.25. The molecule has 1 amide bonds. The molecule has 2 heterocycles. The lowest BCUT2D eigenvalue weighted by Gasteiger charge is -2.47. The average molecular weight is 313 g/mol. The number of aromatic amines is 1. The summed E-state index contributed by atoms with van der Waals surface area (Å²) in [5.41, 5.74) is 2.96. The van der Waals surface area contributed by atoms with Gasteiger partial charge in [0.05, 0.1) is 23.6 Å². The van der Waals surface area contributed by atoms with Crippen molar-refractivity contribution >= 4 is 16.9 Å². The number of carbonyl (C=O) groups excluding carboxylic acids is 1. The average Bonchev–Trinajstić information content (AvgIpc) is 3.08. The molecule has 5 heteroatoms. The van der Waals surface area contributed by atoms with Crippen LogP contribution in [0.4, 0.5) is 0 Å². The number of carbonyl (C=O) groups is 1. The number of rotatable bonds is 4. The molecule has 1 aromatic heterocycles. The number of H-pyrrole nitrogens is 1. The van der Waals surface area contributed by atoms with Gasteiger partial charge in [-0.2, -0.15) is 0 Å². The highest BCUT2D eigenvalue weighted by atomic mass is 16.5. The van der Waals surface area contributed by atoms with E-state index in [4.69, 9.17) is 4.74 Å². The summed E-state index contributed by atoms with van der Waals surface area (Å²) >= 11 is 0. The van der Waals surface area contributed by atoms with Crippen LogP contribution in [0.15, 0.2) is 18.2 Å². The molecule has 0 unspecified atom stereocenters. The summed E-state index contributed by atoms with van der Waals surface area (Å²) in [6.45, 7) is 4.96. The standard InChI is InChI=1S/C18H23N3O2/c1-3-12-17(13-6-7-23-18(12)13)21-16(22)9-11-4-5-14-15(8-11)20-10(2)19-14/h4-5,8,12-13,17-18H,3,6-7,9H2,1-2H3,(H,19,20)(H,21,22)/t12-,13+,17-,18-/m0/s1. The molecule has 122 valence electrons. The van der Waals surface area contributed by atoms with Gasteiger partial charge in [0.25, 0.3) is 0 Å². The number of aromatic nitrogens is 2. The highest BCUT2D eigenvalue weighted by Gasteiger charge is 2.53. The molecule has 1 aromatic carbocycles. The first-order chi connectivity index (χ1) is 11.2. The Morgan fingerprint density at radius 1 is 1.48 bits per heavy atom. The minimum Gasteiger partial charge on any atom is -0.377 e. The first kappa shape index (κ1) is 14.7. The number of nitrogens with one attached hydrogen (secondary N) is 2. The third kappa shape index (κ3) is 2.53. The molecule has 1 saturated heterocycles. The Labute approximate surface area is 135 Å². The molecular weight excluding hydrogens is 290 g/mol. The predicted molar refractivity (Wildman–Crippen MR) is 88.1 cm³/mol. The zero-order valence-electron chi connectivity index (χ0n) is 13.6. The lowest BCUT2D eigenvalue weighted by Crippen LogP contribution is -2.61. The lowest BCUT2D eigenvalue weighted by molar-refractivity contribution is -0.126. The van der Waals surface area contributed by atoms with E-state index in [1.54, 1.807) is 0 Å². The maximum absolute atomic E-state index is 12.4. The zero-order valence-corrected chi connectivity index (χ0v) is 13.6. The summed E-state index contributed by atoms with van der Waals surface area (Å²) in [6.07, 6.45) is 2.92. The van der Waals surface area contributed by atoms with Crippen molar-refractivity contribution in [1.29, 1.82) is 0 Å². The van der Waals surface area contributed by atoms with Gasteiger partial charge in [0, 0.05) is 24.5 Å². The van der Waals surface area contributed by atoms with Crippen molar-refractivity contribution in [3.05, 3.63) is 29.6 Å². The maximum Gasteiger partial charge on any atom is 0.224 e. The normalized spacial score (nSPS) is 29.3. The van der Waals surface area contributed by atoms with Crippen LogP contribution in [0.2, 0.25) is 0 Å². The third-order valence-electron chi connectivity index (χ3n) is 5.36. The second-order valence-electron chi connectivity index (χ2n) is 6.80. The molecule has 23 heavy (non-hydrogen) atoms. The molecule has 2 aliphatic rings. The number of imidazole rings is 1. The van der Waals surface area contributed by atoms with Crippen LogP contribution in [-0.4, -0.2) is 34.6 Å². The molecule has 4 rings (SSSR count). The van der Waals surface area contributed by atoms with Gasteiger partial charge in [-0.3, -0.25) is 4.79 Å². The van der Waals surface area contributed by atoms with Gasteiger partial charge in [0.2, 0.25) is 5.91 Å². The van der Waals surface area contributed by atoms with Crippen LogP contribution < -0.4 is 5.32 Å². The molecule has 0 spiro atoms. The quantitative estimate of drug-likeness (QED) is 0.910. The lowest BCUT2D eigenvalue weighted by atomic mass is 9.65. The maximum atomic E-state index is 12.4. The Morgan fingerprint density at radius 2 is 2.35 bits per heavy atom. The third-order valence-corrected chi connectivity index (χ3v) is 5.36. The molecule has 0 bridgehead atoms. The van der Waals surface area contributed by atoms with Gasteiger partial charge in [0.1, 0.15) is 5.82 Å². The zero-order chi connectivity index (χ0) is 16.0. The Morgan fingerprint density at radius 3 is 3.17 bits per heavy atom. The minimum atomic E-state index is 0.106. The van der Waals surface area contributed by atoms with E-state index in [9.17, 15) is 4.79 Å². The number of ether oxygens (including phenoxy) is 1.